The van der Waals surface area contributed by atoms with Crippen molar-refractivity contribution >= 4 is 23.3 Å². The molecule has 25 heavy (non-hydrogen) atoms. The van der Waals surface area contributed by atoms with Crippen LogP contribution in [0.4, 0.5) is 11.5 Å². The lowest BCUT2D eigenvalue weighted by Gasteiger charge is -2.33. The average Bonchev–Trinajstić information content (AvgIpc) is 2.93. The third-order valence-electron chi connectivity index (χ3n) is 4.57. The van der Waals surface area contributed by atoms with E-state index in [1.165, 1.54) is 0 Å². The Morgan fingerprint density at radius 1 is 1.28 bits per heavy atom. The largest absolute Gasteiger partial charge is 0.324 e. The number of hydrogen-bond acceptors (Lipinski definition) is 3. The highest BCUT2D eigenvalue weighted by Crippen LogP contribution is 2.27. The van der Waals surface area contributed by atoms with Gasteiger partial charge in [-0.3, -0.25) is 14.5 Å². The van der Waals surface area contributed by atoms with Crippen LogP contribution in [-0.2, 0) is 16.1 Å². The van der Waals surface area contributed by atoms with Gasteiger partial charge in [-0.05, 0) is 38.8 Å². The van der Waals surface area contributed by atoms with Gasteiger partial charge < -0.3 is 5.32 Å². The molecule has 2 aromatic rings. The smallest absolute Gasteiger partial charge is 0.247 e. The van der Waals surface area contributed by atoms with E-state index in [1.807, 2.05) is 56.6 Å². The second kappa shape index (κ2) is 6.70. The van der Waals surface area contributed by atoms with Crippen LogP contribution in [0.25, 0.3) is 0 Å². The molecule has 0 saturated carbocycles. The molecule has 1 N–H and O–H groups in total. The SMILES string of the molecule is CCC(C(=O)Nc1ccc(C)cc1C)N1C(=O)CCn2nc(C)cc21. The van der Waals surface area contributed by atoms with Gasteiger partial charge in [-0.15, -0.1) is 0 Å². The molecular weight excluding hydrogens is 316 g/mol. The zero-order valence-electron chi connectivity index (χ0n) is 15.2. The summed E-state index contributed by atoms with van der Waals surface area (Å²) in [6, 6.07) is 7.21. The molecule has 0 fully saturated rings. The predicted molar refractivity (Wildman–Crippen MR) is 97.7 cm³/mol. The van der Waals surface area contributed by atoms with Crippen molar-refractivity contribution in [1.29, 1.82) is 0 Å². The molecule has 2 amide bonds. The third kappa shape index (κ3) is 3.29. The minimum absolute atomic E-state index is 0.0324. The van der Waals surface area contributed by atoms with Gasteiger partial charge in [-0.25, -0.2) is 4.68 Å². The number of benzene rings is 1. The highest BCUT2D eigenvalue weighted by Gasteiger charge is 2.34. The van der Waals surface area contributed by atoms with Gasteiger partial charge >= 0.3 is 0 Å². The Bertz CT molecular complexity index is 825. The van der Waals surface area contributed by atoms with E-state index in [-0.39, 0.29) is 11.8 Å². The number of rotatable bonds is 4. The maximum atomic E-state index is 12.9. The molecule has 1 aliphatic rings. The number of hydrogen-bond donors (Lipinski definition) is 1. The van der Waals surface area contributed by atoms with Crippen LogP contribution in [0.3, 0.4) is 0 Å². The van der Waals surface area contributed by atoms with Gasteiger partial charge in [-0.1, -0.05) is 24.6 Å². The number of carbonyl (C=O) groups is 2. The van der Waals surface area contributed by atoms with E-state index in [0.717, 1.165) is 22.5 Å². The van der Waals surface area contributed by atoms with Crippen LogP contribution in [0.2, 0.25) is 0 Å². The summed E-state index contributed by atoms with van der Waals surface area (Å²) in [6.45, 7) is 8.36. The summed E-state index contributed by atoms with van der Waals surface area (Å²) in [5.41, 5.74) is 3.78. The van der Waals surface area contributed by atoms with Crippen molar-refractivity contribution in [2.45, 2.75) is 53.1 Å². The van der Waals surface area contributed by atoms with E-state index in [1.54, 1.807) is 4.90 Å². The fourth-order valence-corrected chi connectivity index (χ4v) is 3.33. The summed E-state index contributed by atoms with van der Waals surface area (Å²) < 4.78 is 1.81. The third-order valence-corrected chi connectivity index (χ3v) is 4.57. The molecule has 0 bridgehead atoms. The van der Waals surface area contributed by atoms with E-state index >= 15 is 0 Å². The highest BCUT2D eigenvalue weighted by molar-refractivity contribution is 6.05. The minimum atomic E-state index is -0.552. The van der Waals surface area contributed by atoms with Crippen LogP contribution in [0.15, 0.2) is 24.3 Å². The number of nitrogens with one attached hydrogen (secondary N) is 1. The normalized spacial score (nSPS) is 15.0. The number of fused-ring (bicyclic) bond motifs is 1. The molecule has 3 rings (SSSR count). The van der Waals surface area contributed by atoms with Crippen LogP contribution < -0.4 is 10.2 Å². The van der Waals surface area contributed by atoms with Crippen LogP contribution >= 0.6 is 0 Å². The van der Waals surface area contributed by atoms with Gasteiger partial charge in [0.05, 0.1) is 12.2 Å². The first-order valence-corrected chi connectivity index (χ1v) is 8.65. The van der Waals surface area contributed by atoms with Crippen molar-refractivity contribution < 1.29 is 9.59 Å². The molecule has 2 heterocycles. The van der Waals surface area contributed by atoms with Gasteiger partial charge in [0.15, 0.2) is 0 Å². The number of aryl methyl sites for hydroxylation is 4. The van der Waals surface area contributed by atoms with Gasteiger partial charge in [0.2, 0.25) is 11.8 Å². The Balaban J connectivity index is 1.88. The standard InChI is InChI=1S/C19H24N4O2/c1-5-16(19(25)20-15-7-6-12(2)10-13(15)3)23-17-11-14(4)21-22(17)9-8-18(23)24/h6-7,10-11,16H,5,8-9H2,1-4H3,(H,20,25). The Morgan fingerprint density at radius 2 is 2.04 bits per heavy atom. The fraction of sp³-hybridized carbons (Fsp3) is 0.421. The summed E-state index contributed by atoms with van der Waals surface area (Å²) in [5.74, 6) is 0.501. The molecule has 1 aromatic carbocycles. The van der Waals surface area contributed by atoms with Gasteiger partial charge in [0.1, 0.15) is 11.9 Å². The molecule has 132 valence electrons. The van der Waals surface area contributed by atoms with Crippen molar-refractivity contribution in [3.05, 3.63) is 41.1 Å². The van der Waals surface area contributed by atoms with Crippen molar-refractivity contribution in [2.24, 2.45) is 0 Å². The summed E-state index contributed by atoms with van der Waals surface area (Å²) in [6.07, 6.45) is 0.897. The Labute approximate surface area is 147 Å². The van der Waals surface area contributed by atoms with E-state index in [4.69, 9.17) is 0 Å². The van der Waals surface area contributed by atoms with Gasteiger partial charge in [0, 0.05) is 18.2 Å². The molecule has 6 heteroatoms. The predicted octanol–water partition coefficient (Wildman–Crippen LogP) is 2.96. The van der Waals surface area contributed by atoms with Crippen LogP contribution in [0, 0.1) is 20.8 Å². The summed E-state index contributed by atoms with van der Waals surface area (Å²) in [4.78, 5) is 27.0. The lowest BCUT2D eigenvalue weighted by atomic mass is 10.1. The molecule has 1 aliphatic heterocycles. The van der Waals surface area contributed by atoms with Gasteiger partial charge in [0.25, 0.3) is 0 Å². The maximum Gasteiger partial charge on any atom is 0.247 e. The van der Waals surface area contributed by atoms with Crippen molar-refractivity contribution in [3.63, 3.8) is 0 Å². The Hall–Kier alpha value is -2.63. The van der Waals surface area contributed by atoms with E-state index in [2.05, 4.69) is 10.4 Å². The first-order valence-electron chi connectivity index (χ1n) is 8.65. The number of anilines is 2. The average molecular weight is 340 g/mol. The quantitative estimate of drug-likeness (QED) is 0.930. The first-order chi connectivity index (χ1) is 11.9. The fourth-order valence-electron chi connectivity index (χ4n) is 3.33. The molecule has 1 unspecified atom stereocenters. The zero-order chi connectivity index (χ0) is 18.1. The number of nitrogens with zero attached hydrogens (tertiary/aromatic N) is 3. The first kappa shape index (κ1) is 17.2. The van der Waals surface area contributed by atoms with E-state index in [9.17, 15) is 9.59 Å². The molecular formula is C19H24N4O2. The van der Waals surface area contributed by atoms with Crippen LogP contribution in [0.5, 0.6) is 0 Å². The zero-order valence-corrected chi connectivity index (χ0v) is 15.2. The molecule has 0 radical (unpaired) electrons. The van der Waals surface area contributed by atoms with E-state index in [0.29, 0.717) is 25.2 Å². The van der Waals surface area contributed by atoms with E-state index < -0.39 is 6.04 Å². The van der Waals surface area contributed by atoms with Crippen LogP contribution in [0.1, 0.15) is 36.6 Å². The Kier molecular flexibility index (Phi) is 4.61. The van der Waals surface area contributed by atoms with Crippen LogP contribution in [-0.4, -0.2) is 27.6 Å². The molecule has 0 aliphatic carbocycles. The maximum absolute atomic E-state index is 12.9. The van der Waals surface area contributed by atoms with Crippen molar-refractivity contribution in [3.8, 4) is 0 Å². The topological polar surface area (TPSA) is 67.2 Å². The lowest BCUT2D eigenvalue weighted by molar-refractivity contribution is -0.124. The molecule has 0 saturated heterocycles. The number of carbonyl (C=O) groups excluding carboxylic acids is 2. The Morgan fingerprint density at radius 3 is 2.72 bits per heavy atom. The van der Waals surface area contributed by atoms with Crippen molar-refractivity contribution in [1.82, 2.24) is 9.78 Å². The number of aromatic nitrogens is 2. The molecule has 1 aromatic heterocycles. The molecule has 0 spiro atoms. The number of amides is 2. The second-order valence-electron chi connectivity index (χ2n) is 6.61. The second-order valence-corrected chi connectivity index (χ2v) is 6.61. The summed E-state index contributed by atoms with van der Waals surface area (Å²) in [7, 11) is 0. The minimum Gasteiger partial charge on any atom is -0.324 e. The monoisotopic (exact) mass is 340 g/mol. The highest BCUT2D eigenvalue weighted by atomic mass is 16.2. The molecule has 6 nitrogen and oxygen atoms in total. The van der Waals surface area contributed by atoms with Crippen molar-refractivity contribution in [2.75, 3.05) is 10.2 Å². The summed E-state index contributed by atoms with van der Waals surface area (Å²) >= 11 is 0. The van der Waals surface area contributed by atoms with Gasteiger partial charge in [-0.2, -0.15) is 5.10 Å². The summed E-state index contributed by atoms with van der Waals surface area (Å²) in [5, 5.41) is 7.39. The molecule has 1 atom stereocenters. The lowest BCUT2D eigenvalue weighted by Crippen LogP contribution is -2.50.